The molecule has 0 fully saturated rings. The number of hydrogen-bond acceptors (Lipinski definition) is 4. The monoisotopic (exact) mass is 470 g/mol. The molecule has 6 nitrogen and oxygen atoms in total. The summed E-state index contributed by atoms with van der Waals surface area (Å²) in [6.45, 7) is 4.16. The summed E-state index contributed by atoms with van der Waals surface area (Å²) in [7, 11) is -3.71. The van der Waals surface area contributed by atoms with Crippen LogP contribution in [0.25, 0.3) is 0 Å². The maximum absolute atomic E-state index is 13.0. The van der Waals surface area contributed by atoms with E-state index in [1.807, 2.05) is 0 Å². The van der Waals surface area contributed by atoms with Gasteiger partial charge in [-0.1, -0.05) is 61.8 Å². The zero-order valence-electron chi connectivity index (χ0n) is 17.7. The standard InChI is InChI=1S/C24H23ClN2O4S/c1-3-27(4-2)32(30,31)20-12-8-11-18(15-20)24(29)26-22-14-13-19(25)16-21(22)23(28)17-9-6-5-7-10-17/h5-16H,3-4H2,1-2H3,(H,26,29). The van der Waals surface area contributed by atoms with E-state index in [4.69, 9.17) is 11.6 Å². The summed E-state index contributed by atoms with van der Waals surface area (Å²) in [6.07, 6.45) is 0. The Hall–Kier alpha value is -3.00. The fraction of sp³-hybridized carbons (Fsp3) is 0.167. The van der Waals surface area contributed by atoms with Crippen LogP contribution >= 0.6 is 11.6 Å². The molecule has 3 rings (SSSR count). The first-order chi connectivity index (χ1) is 15.3. The molecule has 32 heavy (non-hydrogen) atoms. The summed E-state index contributed by atoms with van der Waals surface area (Å²) < 4.78 is 26.9. The molecule has 0 atom stereocenters. The topological polar surface area (TPSA) is 83.6 Å². The highest BCUT2D eigenvalue weighted by Gasteiger charge is 2.23. The predicted octanol–water partition coefficient (Wildman–Crippen LogP) is 4.85. The Bertz CT molecular complexity index is 1240. The van der Waals surface area contributed by atoms with Gasteiger partial charge in [0, 0.05) is 34.8 Å². The summed E-state index contributed by atoms with van der Waals surface area (Å²) in [6, 6.07) is 19.1. The number of ketones is 1. The second-order valence-corrected chi connectivity index (χ2v) is 9.33. The van der Waals surface area contributed by atoms with Gasteiger partial charge in [0.1, 0.15) is 0 Å². The maximum atomic E-state index is 13.0. The Balaban J connectivity index is 1.93. The molecular formula is C24H23ClN2O4S. The highest BCUT2D eigenvalue weighted by atomic mass is 35.5. The van der Waals surface area contributed by atoms with Crippen LogP contribution in [0.1, 0.15) is 40.1 Å². The normalized spacial score (nSPS) is 11.4. The third kappa shape index (κ3) is 5.07. The van der Waals surface area contributed by atoms with Gasteiger partial charge in [0.15, 0.2) is 5.78 Å². The van der Waals surface area contributed by atoms with Crippen LogP contribution in [-0.4, -0.2) is 37.5 Å². The van der Waals surface area contributed by atoms with E-state index < -0.39 is 15.9 Å². The molecule has 0 bridgehead atoms. The van der Waals surface area contributed by atoms with Crippen molar-refractivity contribution in [2.75, 3.05) is 18.4 Å². The van der Waals surface area contributed by atoms with Gasteiger partial charge in [-0.15, -0.1) is 0 Å². The number of nitrogens with zero attached hydrogens (tertiary/aromatic N) is 1. The first kappa shape index (κ1) is 23.7. The van der Waals surface area contributed by atoms with E-state index in [9.17, 15) is 18.0 Å². The Labute approximate surface area is 192 Å². The number of hydrogen-bond donors (Lipinski definition) is 1. The second kappa shape index (κ2) is 10.1. The largest absolute Gasteiger partial charge is 0.321 e. The van der Waals surface area contributed by atoms with E-state index in [0.717, 1.165) is 0 Å². The minimum absolute atomic E-state index is 0.0329. The molecule has 0 spiro atoms. The molecule has 0 saturated heterocycles. The number of nitrogens with one attached hydrogen (secondary N) is 1. The molecule has 8 heteroatoms. The van der Waals surface area contributed by atoms with Crippen LogP contribution in [-0.2, 0) is 10.0 Å². The van der Waals surface area contributed by atoms with Gasteiger partial charge >= 0.3 is 0 Å². The molecule has 166 valence electrons. The van der Waals surface area contributed by atoms with Crippen molar-refractivity contribution in [1.29, 1.82) is 0 Å². The SMILES string of the molecule is CCN(CC)S(=O)(=O)c1cccc(C(=O)Nc2ccc(Cl)cc2C(=O)c2ccccc2)c1. The average molecular weight is 471 g/mol. The Morgan fingerprint density at radius 3 is 2.19 bits per heavy atom. The molecule has 0 heterocycles. The van der Waals surface area contributed by atoms with E-state index in [0.29, 0.717) is 23.7 Å². The Kier molecular flexibility index (Phi) is 7.45. The van der Waals surface area contributed by atoms with Gasteiger partial charge < -0.3 is 5.32 Å². The molecule has 0 aromatic heterocycles. The summed E-state index contributed by atoms with van der Waals surface area (Å²) in [5.41, 5.74) is 1.14. The number of anilines is 1. The van der Waals surface area contributed by atoms with E-state index in [1.54, 1.807) is 56.3 Å². The summed E-state index contributed by atoms with van der Waals surface area (Å²) in [5.74, 6) is -0.827. The van der Waals surface area contributed by atoms with Gasteiger partial charge in [0.05, 0.1) is 10.6 Å². The van der Waals surface area contributed by atoms with Gasteiger partial charge in [-0.25, -0.2) is 8.42 Å². The fourth-order valence-corrected chi connectivity index (χ4v) is 4.94. The van der Waals surface area contributed by atoms with Crippen LogP contribution < -0.4 is 5.32 Å². The van der Waals surface area contributed by atoms with Crippen LogP contribution in [0, 0.1) is 0 Å². The summed E-state index contributed by atoms with van der Waals surface area (Å²) in [4.78, 5) is 25.9. The van der Waals surface area contributed by atoms with Gasteiger partial charge in [-0.05, 0) is 36.4 Å². The lowest BCUT2D eigenvalue weighted by molar-refractivity contribution is 0.102. The molecule has 3 aromatic rings. The average Bonchev–Trinajstić information content (AvgIpc) is 2.81. The van der Waals surface area contributed by atoms with Crippen molar-refractivity contribution in [3.8, 4) is 0 Å². The third-order valence-corrected chi connectivity index (χ3v) is 7.23. The van der Waals surface area contributed by atoms with Crippen LogP contribution in [0.2, 0.25) is 5.02 Å². The maximum Gasteiger partial charge on any atom is 0.255 e. The van der Waals surface area contributed by atoms with E-state index in [1.165, 1.54) is 34.6 Å². The number of benzene rings is 3. The zero-order valence-corrected chi connectivity index (χ0v) is 19.3. The highest BCUT2D eigenvalue weighted by molar-refractivity contribution is 7.89. The minimum Gasteiger partial charge on any atom is -0.321 e. The van der Waals surface area contributed by atoms with Crippen LogP contribution in [0.4, 0.5) is 5.69 Å². The van der Waals surface area contributed by atoms with Gasteiger partial charge in [-0.2, -0.15) is 4.31 Å². The van der Waals surface area contributed by atoms with E-state index in [-0.39, 0.29) is 27.5 Å². The molecule has 0 radical (unpaired) electrons. The molecule has 0 aliphatic rings. The number of sulfonamides is 1. The van der Waals surface area contributed by atoms with Crippen molar-refractivity contribution >= 4 is 39.0 Å². The van der Waals surface area contributed by atoms with Crippen LogP contribution in [0.15, 0.2) is 77.7 Å². The van der Waals surface area contributed by atoms with Gasteiger partial charge in [0.25, 0.3) is 5.91 Å². The lowest BCUT2D eigenvalue weighted by Crippen LogP contribution is -2.30. The second-order valence-electron chi connectivity index (χ2n) is 6.96. The van der Waals surface area contributed by atoms with E-state index >= 15 is 0 Å². The number of amides is 1. The van der Waals surface area contributed by atoms with Crippen molar-refractivity contribution in [2.45, 2.75) is 18.7 Å². The van der Waals surface area contributed by atoms with Crippen molar-refractivity contribution in [1.82, 2.24) is 4.31 Å². The van der Waals surface area contributed by atoms with Crippen molar-refractivity contribution in [3.63, 3.8) is 0 Å². The van der Waals surface area contributed by atoms with Gasteiger partial charge in [0.2, 0.25) is 10.0 Å². The fourth-order valence-electron chi connectivity index (χ4n) is 3.26. The first-order valence-electron chi connectivity index (χ1n) is 10.1. The highest BCUT2D eigenvalue weighted by Crippen LogP contribution is 2.25. The lowest BCUT2D eigenvalue weighted by atomic mass is 10.0. The predicted molar refractivity (Wildman–Crippen MR) is 126 cm³/mol. The molecular weight excluding hydrogens is 448 g/mol. The summed E-state index contributed by atoms with van der Waals surface area (Å²) >= 11 is 6.09. The lowest BCUT2D eigenvalue weighted by Gasteiger charge is -2.18. The molecule has 0 saturated carbocycles. The smallest absolute Gasteiger partial charge is 0.255 e. The van der Waals surface area contributed by atoms with E-state index in [2.05, 4.69) is 5.32 Å². The Morgan fingerprint density at radius 1 is 0.875 bits per heavy atom. The van der Waals surface area contributed by atoms with Crippen molar-refractivity contribution in [3.05, 3.63) is 94.5 Å². The molecule has 0 aliphatic carbocycles. The molecule has 1 N–H and O–H groups in total. The van der Waals surface area contributed by atoms with Crippen molar-refractivity contribution < 1.29 is 18.0 Å². The third-order valence-electron chi connectivity index (χ3n) is 4.95. The van der Waals surface area contributed by atoms with Crippen LogP contribution in [0.5, 0.6) is 0 Å². The Morgan fingerprint density at radius 2 is 1.53 bits per heavy atom. The number of rotatable bonds is 8. The number of carbonyl (C=O) groups is 2. The van der Waals surface area contributed by atoms with Crippen molar-refractivity contribution in [2.24, 2.45) is 0 Å². The minimum atomic E-state index is -3.71. The molecule has 0 unspecified atom stereocenters. The number of halogens is 1. The molecule has 3 aromatic carbocycles. The number of carbonyl (C=O) groups excluding carboxylic acids is 2. The zero-order chi connectivity index (χ0) is 23.3. The van der Waals surface area contributed by atoms with Crippen LogP contribution in [0.3, 0.4) is 0 Å². The molecule has 0 aliphatic heterocycles. The first-order valence-corrected chi connectivity index (χ1v) is 11.9. The molecule has 1 amide bonds. The quantitative estimate of drug-likeness (QED) is 0.477. The summed E-state index contributed by atoms with van der Waals surface area (Å²) in [5, 5.41) is 3.07. The van der Waals surface area contributed by atoms with Gasteiger partial charge in [-0.3, -0.25) is 9.59 Å².